The maximum atomic E-state index is 9.35. The summed E-state index contributed by atoms with van der Waals surface area (Å²) in [6.07, 6.45) is 0.552. The lowest BCUT2D eigenvalue weighted by Gasteiger charge is -2.09. The molecule has 0 aliphatic heterocycles. The Morgan fingerprint density at radius 3 is 2.58 bits per heavy atom. The van der Waals surface area contributed by atoms with E-state index < -0.39 is 0 Å². The molecule has 19 heavy (non-hydrogen) atoms. The summed E-state index contributed by atoms with van der Waals surface area (Å²) in [5, 5.41) is 14.2. The van der Waals surface area contributed by atoms with E-state index in [1.165, 1.54) is 0 Å². The minimum Gasteiger partial charge on any atom is -0.361 e. The van der Waals surface area contributed by atoms with Crippen molar-refractivity contribution in [3.05, 3.63) is 50.8 Å². The fourth-order valence-electron chi connectivity index (χ4n) is 2.10. The minimum atomic E-state index is -0.302. The maximum absolute atomic E-state index is 9.35. The molecule has 2 aromatic rings. The molecule has 1 atom stereocenters. The van der Waals surface area contributed by atoms with Crippen LogP contribution in [-0.4, -0.2) is 5.16 Å². The Bertz CT molecular complexity index is 624. The van der Waals surface area contributed by atoms with Gasteiger partial charge in [-0.2, -0.15) is 5.26 Å². The quantitative estimate of drug-likeness (QED) is 0.840. The number of benzene rings is 1. The van der Waals surface area contributed by atoms with Crippen molar-refractivity contribution in [1.29, 1.82) is 5.26 Å². The van der Waals surface area contributed by atoms with Crippen LogP contribution >= 0.6 is 23.2 Å². The van der Waals surface area contributed by atoms with Crippen LogP contribution in [0.2, 0.25) is 10.0 Å². The summed E-state index contributed by atoms with van der Waals surface area (Å²) in [5.41, 5.74) is 2.57. The van der Waals surface area contributed by atoms with E-state index in [-0.39, 0.29) is 5.92 Å². The van der Waals surface area contributed by atoms with Crippen LogP contribution in [-0.2, 0) is 6.42 Å². The highest BCUT2D eigenvalue weighted by Crippen LogP contribution is 2.29. The molecular formula is C14H12Cl2N2O. The van der Waals surface area contributed by atoms with E-state index in [1.54, 1.807) is 12.1 Å². The summed E-state index contributed by atoms with van der Waals surface area (Å²) in [5.74, 6) is 0.382. The number of hydrogen-bond acceptors (Lipinski definition) is 3. The third-order valence-corrected chi connectivity index (χ3v) is 3.76. The fraction of sp³-hybridized carbons (Fsp3) is 0.286. The van der Waals surface area contributed by atoms with Crippen molar-refractivity contribution >= 4 is 23.2 Å². The highest BCUT2D eigenvalue weighted by Gasteiger charge is 2.20. The lowest BCUT2D eigenvalue weighted by atomic mass is 9.92. The Kier molecular flexibility index (Phi) is 4.14. The lowest BCUT2D eigenvalue weighted by Crippen LogP contribution is -2.03. The first-order valence-electron chi connectivity index (χ1n) is 5.79. The first-order valence-corrected chi connectivity index (χ1v) is 6.54. The Balaban J connectivity index is 2.30. The standard InChI is InChI=1S/C14H12Cl2N2O/c1-8-14(9(2)19-18-8)11(7-17)5-10-3-4-12(15)13(16)6-10/h3-4,6,11H,5H2,1-2H3. The van der Waals surface area contributed by atoms with E-state index in [2.05, 4.69) is 11.2 Å². The van der Waals surface area contributed by atoms with Gasteiger partial charge in [-0.3, -0.25) is 0 Å². The fourth-order valence-corrected chi connectivity index (χ4v) is 2.42. The van der Waals surface area contributed by atoms with Crippen LogP contribution < -0.4 is 0 Å². The second kappa shape index (κ2) is 5.64. The van der Waals surface area contributed by atoms with Crippen molar-refractivity contribution in [2.24, 2.45) is 0 Å². The highest BCUT2D eigenvalue weighted by atomic mass is 35.5. The van der Waals surface area contributed by atoms with Crippen LogP contribution in [0.3, 0.4) is 0 Å². The molecule has 0 spiro atoms. The van der Waals surface area contributed by atoms with Crippen molar-refractivity contribution in [3.8, 4) is 6.07 Å². The average Bonchev–Trinajstić information content (AvgIpc) is 2.71. The van der Waals surface area contributed by atoms with Crippen molar-refractivity contribution in [3.63, 3.8) is 0 Å². The van der Waals surface area contributed by atoms with Crippen LogP contribution in [0.1, 0.15) is 28.5 Å². The zero-order valence-corrected chi connectivity index (χ0v) is 12.1. The molecule has 0 aliphatic rings. The van der Waals surface area contributed by atoms with Gasteiger partial charge in [0.15, 0.2) is 0 Å². The molecule has 0 fully saturated rings. The van der Waals surface area contributed by atoms with Crippen molar-refractivity contribution in [1.82, 2.24) is 5.16 Å². The third kappa shape index (κ3) is 2.91. The molecule has 0 radical (unpaired) electrons. The van der Waals surface area contributed by atoms with E-state index in [0.717, 1.165) is 16.8 Å². The topological polar surface area (TPSA) is 49.8 Å². The zero-order chi connectivity index (χ0) is 14.0. The number of aryl methyl sites for hydroxylation is 2. The second-order valence-corrected chi connectivity index (χ2v) is 5.19. The monoisotopic (exact) mass is 294 g/mol. The van der Waals surface area contributed by atoms with E-state index in [0.29, 0.717) is 22.2 Å². The normalized spacial score (nSPS) is 12.2. The highest BCUT2D eigenvalue weighted by molar-refractivity contribution is 6.42. The molecule has 1 aromatic carbocycles. The summed E-state index contributed by atoms with van der Waals surface area (Å²) in [6.45, 7) is 3.65. The summed E-state index contributed by atoms with van der Waals surface area (Å²) in [7, 11) is 0. The van der Waals surface area contributed by atoms with Crippen LogP contribution in [0.15, 0.2) is 22.7 Å². The minimum absolute atomic E-state index is 0.302. The molecule has 0 N–H and O–H groups in total. The van der Waals surface area contributed by atoms with Gasteiger partial charge in [-0.15, -0.1) is 0 Å². The molecule has 2 rings (SSSR count). The average molecular weight is 295 g/mol. The van der Waals surface area contributed by atoms with Crippen LogP contribution in [0, 0.1) is 25.2 Å². The summed E-state index contributed by atoms with van der Waals surface area (Å²) >= 11 is 11.9. The molecule has 98 valence electrons. The Morgan fingerprint density at radius 1 is 1.32 bits per heavy atom. The summed E-state index contributed by atoms with van der Waals surface area (Å²) < 4.78 is 5.11. The lowest BCUT2D eigenvalue weighted by molar-refractivity contribution is 0.392. The van der Waals surface area contributed by atoms with Gasteiger partial charge in [0.2, 0.25) is 0 Å². The molecule has 0 aliphatic carbocycles. The van der Waals surface area contributed by atoms with Crippen molar-refractivity contribution in [2.45, 2.75) is 26.2 Å². The molecule has 1 unspecified atom stereocenters. The molecule has 1 aromatic heterocycles. The van der Waals surface area contributed by atoms with Gasteiger partial charge < -0.3 is 4.52 Å². The zero-order valence-electron chi connectivity index (χ0n) is 10.6. The van der Waals surface area contributed by atoms with Gasteiger partial charge >= 0.3 is 0 Å². The molecular weight excluding hydrogens is 283 g/mol. The van der Waals surface area contributed by atoms with Gasteiger partial charge in [0.1, 0.15) is 5.76 Å². The number of rotatable bonds is 3. The maximum Gasteiger partial charge on any atom is 0.138 e. The van der Waals surface area contributed by atoms with Gasteiger partial charge in [-0.05, 0) is 38.0 Å². The molecule has 0 saturated heterocycles. The molecule has 3 nitrogen and oxygen atoms in total. The predicted molar refractivity (Wildman–Crippen MR) is 74.5 cm³/mol. The number of nitriles is 1. The summed E-state index contributed by atoms with van der Waals surface area (Å²) in [6, 6.07) is 7.69. The van der Waals surface area contributed by atoms with Gasteiger partial charge in [0, 0.05) is 5.56 Å². The van der Waals surface area contributed by atoms with Gasteiger partial charge in [-0.25, -0.2) is 0 Å². The molecule has 0 saturated carbocycles. The number of aromatic nitrogens is 1. The number of nitrogens with zero attached hydrogens (tertiary/aromatic N) is 2. The summed E-state index contributed by atoms with van der Waals surface area (Å²) in [4.78, 5) is 0. The van der Waals surface area contributed by atoms with E-state index >= 15 is 0 Å². The van der Waals surface area contributed by atoms with Crippen LogP contribution in [0.4, 0.5) is 0 Å². The molecule has 0 bridgehead atoms. The van der Waals surface area contributed by atoms with Gasteiger partial charge in [-0.1, -0.05) is 34.4 Å². The SMILES string of the molecule is Cc1noc(C)c1C(C#N)Cc1ccc(Cl)c(Cl)c1. The van der Waals surface area contributed by atoms with Gasteiger partial charge in [0.25, 0.3) is 0 Å². The third-order valence-electron chi connectivity index (χ3n) is 3.02. The Morgan fingerprint density at radius 2 is 2.05 bits per heavy atom. The Labute approximate surface area is 121 Å². The Hall–Kier alpha value is -1.50. The van der Waals surface area contributed by atoms with Crippen molar-refractivity contribution < 1.29 is 4.52 Å². The van der Waals surface area contributed by atoms with Crippen molar-refractivity contribution in [2.75, 3.05) is 0 Å². The molecule has 5 heteroatoms. The number of hydrogen-bond donors (Lipinski definition) is 0. The predicted octanol–water partition coefficient (Wildman–Crippen LogP) is 4.45. The second-order valence-electron chi connectivity index (χ2n) is 4.37. The van der Waals surface area contributed by atoms with Crippen LogP contribution in [0.25, 0.3) is 0 Å². The first kappa shape index (κ1) is 13.9. The van der Waals surface area contributed by atoms with E-state index in [1.807, 2.05) is 19.9 Å². The molecule has 0 amide bonds. The first-order chi connectivity index (χ1) is 9.02. The molecule has 1 heterocycles. The smallest absolute Gasteiger partial charge is 0.138 e. The largest absolute Gasteiger partial charge is 0.361 e. The van der Waals surface area contributed by atoms with E-state index in [9.17, 15) is 5.26 Å². The number of halogens is 2. The van der Waals surface area contributed by atoms with Gasteiger partial charge in [0.05, 0.1) is 27.7 Å². The van der Waals surface area contributed by atoms with E-state index in [4.69, 9.17) is 27.7 Å². The van der Waals surface area contributed by atoms with Crippen LogP contribution in [0.5, 0.6) is 0 Å².